The van der Waals surface area contributed by atoms with E-state index in [1.54, 1.807) is 55.2 Å². The van der Waals surface area contributed by atoms with Gasteiger partial charge in [-0.2, -0.15) is 0 Å². The Morgan fingerprint density at radius 2 is 1.78 bits per heavy atom. The number of rotatable bonds is 8. The van der Waals surface area contributed by atoms with Gasteiger partial charge in [0.05, 0.1) is 31.0 Å². The van der Waals surface area contributed by atoms with Crippen molar-refractivity contribution >= 4 is 17.9 Å². The van der Waals surface area contributed by atoms with Gasteiger partial charge < -0.3 is 9.47 Å². The van der Waals surface area contributed by atoms with Crippen molar-refractivity contribution in [2.75, 3.05) is 13.2 Å². The molecule has 10 nitrogen and oxygen atoms in total. The molecule has 0 fully saturated rings. The highest BCUT2D eigenvalue weighted by Gasteiger charge is 2.10. The van der Waals surface area contributed by atoms with Crippen LogP contribution in [0.25, 0.3) is 17.1 Å². The van der Waals surface area contributed by atoms with Gasteiger partial charge in [0.2, 0.25) is 0 Å². The van der Waals surface area contributed by atoms with Crippen LogP contribution in [0.15, 0.2) is 48.9 Å². The molecule has 2 heterocycles. The van der Waals surface area contributed by atoms with Crippen LogP contribution < -0.4 is 5.32 Å². The summed E-state index contributed by atoms with van der Waals surface area (Å²) in [4.78, 5) is 27.2. The maximum atomic E-state index is 11.5. The number of alkyl carbamates (subject to hydrolysis) is 1. The predicted octanol–water partition coefficient (Wildman–Crippen LogP) is 2.90. The Kier molecular flexibility index (Phi) is 7.63. The van der Waals surface area contributed by atoms with Crippen LogP contribution >= 0.6 is 0 Å². The monoisotopic (exact) mass is 436 g/mol. The van der Waals surface area contributed by atoms with Crippen molar-refractivity contribution in [3.8, 4) is 17.1 Å². The fourth-order valence-electron chi connectivity index (χ4n) is 2.85. The summed E-state index contributed by atoms with van der Waals surface area (Å²) in [6, 6.07) is 10.7. The van der Waals surface area contributed by atoms with Gasteiger partial charge in [0.1, 0.15) is 12.2 Å². The van der Waals surface area contributed by atoms with Gasteiger partial charge in [-0.25, -0.2) is 9.78 Å². The molecule has 1 amide bonds. The molecule has 3 rings (SSSR count). The van der Waals surface area contributed by atoms with E-state index in [0.717, 1.165) is 11.3 Å². The molecule has 2 aromatic heterocycles. The number of nitrogens with one attached hydrogen (secondary N) is 2. The smallest absolute Gasteiger partial charge is 0.412 e. The molecule has 0 aliphatic carbocycles. The lowest BCUT2D eigenvalue weighted by Gasteiger charge is -2.08. The van der Waals surface area contributed by atoms with Crippen LogP contribution in [0.1, 0.15) is 31.5 Å². The van der Waals surface area contributed by atoms with Crippen molar-refractivity contribution in [3.63, 3.8) is 0 Å². The fourth-order valence-corrected chi connectivity index (χ4v) is 2.85. The number of amides is 1. The number of hydrogen-bond donors (Lipinski definition) is 2. The number of hydrogen-bond acceptors (Lipinski definition) is 8. The Balaban J connectivity index is 1.63. The molecule has 32 heavy (non-hydrogen) atoms. The molecular weight excluding hydrogens is 412 g/mol. The minimum Gasteiger partial charge on any atom is -0.466 e. The summed E-state index contributed by atoms with van der Waals surface area (Å²) < 4.78 is 11.4. The highest BCUT2D eigenvalue weighted by atomic mass is 16.5. The third kappa shape index (κ3) is 5.97. The summed E-state index contributed by atoms with van der Waals surface area (Å²) in [7, 11) is 0. The second kappa shape index (κ2) is 10.8. The minimum atomic E-state index is -0.661. The van der Waals surface area contributed by atoms with Crippen molar-refractivity contribution in [1.29, 1.82) is 5.41 Å². The zero-order valence-corrected chi connectivity index (χ0v) is 17.9. The van der Waals surface area contributed by atoms with E-state index in [1.165, 1.54) is 0 Å². The van der Waals surface area contributed by atoms with Crippen molar-refractivity contribution in [3.05, 3.63) is 60.2 Å². The van der Waals surface area contributed by atoms with E-state index >= 15 is 0 Å². The fraction of sp³-hybridized carbons (Fsp3) is 0.273. The van der Waals surface area contributed by atoms with Crippen LogP contribution in [0.3, 0.4) is 0 Å². The number of benzene rings is 1. The first kappa shape index (κ1) is 22.6. The highest BCUT2D eigenvalue weighted by molar-refractivity contribution is 6.04. The molecule has 0 spiro atoms. The van der Waals surface area contributed by atoms with Gasteiger partial charge in [-0.1, -0.05) is 24.3 Å². The van der Waals surface area contributed by atoms with Crippen molar-refractivity contribution in [2.45, 2.75) is 26.7 Å². The summed E-state index contributed by atoms with van der Waals surface area (Å²) in [6.45, 7) is 4.08. The third-order valence-electron chi connectivity index (χ3n) is 4.41. The lowest BCUT2D eigenvalue weighted by Crippen LogP contribution is -2.30. The van der Waals surface area contributed by atoms with Gasteiger partial charge in [0, 0.05) is 23.7 Å². The van der Waals surface area contributed by atoms with Crippen LogP contribution in [0.5, 0.6) is 0 Å². The average Bonchev–Trinajstić information content (AvgIpc) is 3.27. The van der Waals surface area contributed by atoms with Gasteiger partial charge in [-0.05, 0) is 26.0 Å². The molecule has 2 N–H and O–H groups in total. The molecule has 0 aliphatic rings. The summed E-state index contributed by atoms with van der Waals surface area (Å²) >= 11 is 0. The molecule has 0 radical (unpaired) electrons. The zero-order chi connectivity index (χ0) is 22.9. The van der Waals surface area contributed by atoms with Crippen molar-refractivity contribution in [1.82, 2.24) is 25.1 Å². The molecule has 0 atom stereocenters. The largest absolute Gasteiger partial charge is 0.466 e. The molecule has 1 aromatic carbocycles. The second-order valence-electron chi connectivity index (χ2n) is 6.65. The number of aromatic nitrogens is 4. The number of imidazole rings is 1. The van der Waals surface area contributed by atoms with Crippen LogP contribution in [-0.2, 0) is 20.7 Å². The molecule has 3 aromatic rings. The van der Waals surface area contributed by atoms with E-state index in [9.17, 15) is 9.59 Å². The second-order valence-corrected chi connectivity index (χ2v) is 6.65. The molecule has 0 saturated heterocycles. The molecule has 0 aliphatic heterocycles. The van der Waals surface area contributed by atoms with Crippen LogP contribution in [0, 0.1) is 5.41 Å². The maximum absolute atomic E-state index is 11.5. The van der Waals surface area contributed by atoms with Gasteiger partial charge in [-0.3, -0.25) is 20.1 Å². The Labute approximate surface area is 185 Å². The number of amidine groups is 1. The van der Waals surface area contributed by atoms with E-state index in [0.29, 0.717) is 30.1 Å². The number of carbonyl (C=O) groups excluding carboxylic acids is 2. The lowest BCUT2D eigenvalue weighted by atomic mass is 10.1. The van der Waals surface area contributed by atoms with Crippen LogP contribution in [0.4, 0.5) is 4.79 Å². The summed E-state index contributed by atoms with van der Waals surface area (Å²) in [5, 5.41) is 18.8. The van der Waals surface area contributed by atoms with E-state index in [4.69, 9.17) is 14.9 Å². The normalized spacial score (nSPS) is 10.4. The first-order valence-corrected chi connectivity index (χ1v) is 10.2. The Morgan fingerprint density at radius 3 is 2.44 bits per heavy atom. The van der Waals surface area contributed by atoms with E-state index in [2.05, 4.69) is 20.5 Å². The van der Waals surface area contributed by atoms with Crippen molar-refractivity contribution < 1.29 is 19.1 Å². The minimum absolute atomic E-state index is 0.0460. The standard InChI is InChI=1S/C22H24N6O4/c1-3-31-20(29)12-9-17-13-28(14-24-17)19-11-10-18(26-27-19)15-5-7-16(8-6-15)21(23)25-22(30)32-4-2/h5-8,10-11,13-14H,3-4,9,12H2,1-2H3,(H2,23,25,30). The Hall–Kier alpha value is -4.08. The summed E-state index contributed by atoms with van der Waals surface area (Å²) in [5.74, 6) is 0.306. The molecule has 10 heteroatoms. The molecule has 0 unspecified atom stereocenters. The van der Waals surface area contributed by atoms with E-state index in [1.807, 2.05) is 12.1 Å². The van der Waals surface area contributed by atoms with Crippen molar-refractivity contribution in [2.24, 2.45) is 0 Å². The topological polar surface area (TPSA) is 132 Å². The number of aryl methyl sites for hydroxylation is 1. The molecule has 0 bridgehead atoms. The first-order chi connectivity index (χ1) is 15.5. The third-order valence-corrected chi connectivity index (χ3v) is 4.41. The highest BCUT2D eigenvalue weighted by Crippen LogP contribution is 2.18. The number of carbonyl (C=O) groups is 2. The predicted molar refractivity (Wildman–Crippen MR) is 117 cm³/mol. The van der Waals surface area contributed by atoms with Crippen LogP contribution in [0.2, 0.25) is 0 Å². The summed E-state index contributed by atoms with van der Waals surface area (Å²) in [5.41, 5.74) is 2.78. The quantitative estimate of drug-likeness (QED) is 0.315. The van der Waals surface area contributed by atoms with Crippen LogP contribution in [-0.4, -0.2) is 50.9 Å². The van der Waals surface area contributed by atoms with Gasteiger partial charge >= 0.3 is 12.1 Å². The maximum Gasteiger partial charge on any atom is 0.412 e. The lowest BCUT2D eigenvalue weighted by molar-refractivity contribution is -0.143. The van der Waals surface area contributed by atoms with Gasteiger partial charge in [0.15, 0.2) is 5.82 Å². The number of nitrogens with zero attached hydrogens (tertiary/aromatic N) is 4. The molecular formula is C22H24N6O4. The van der Waals surface area contributed by atoms with E-state index in [-0.39, 0.29) is 24.8 Å². The average molecular weight is 436 g/mol. The van der Waals surface area contributed by atoms with E-state index < -0.39 is 6.09 Å². The molecule has 166 valence electrons. The summed E-state index contributed by atoms with van der Waals surface area (Å²) in [6.07, 6.45) is 3.54. The SMILES string of the molecule is CCOC(=O)CCc1cn(-c2ccc(-c3ccc(C(=N)NC(=O)OCC)cc3)nn2)cn1. The Bertz CT molecular complexity index is 1080. The Morgan fingerprint density at radius 1 is 1.03 bits per heavy atom. The van der Waals surface area contributed by atoms with Gasteiger partial charge in [0.25, 0.3) is 0 Å². The first-order valence-electron chi connectivity index (χ1n) is 10.2. The number of esters is 1. The number of ether oxygens (including phenoxy) is 2. The van der Waals surface area contributed by atoms with Gasteiger partial charge in [-0.15, -0.1) is 10.2 Å². The zero-order valence-electron chi connectivity index (χ0n) is 17.9. The molecule has 0 saturated carbocycles.